The van der Waals surface area contributed by atoms with Crippen LogP contribution in [0.15, 0.2) is 41.9 Å². The Balaban J connectivity index is 1.44. The number of amides is 1. The van der Waals surface area contributed by atoms with Gasteiger partial charge in [-0.15, -0.1) is 0 Å². The standard InChI is InChI=1S/C19H18ClN5O3S/c1-29-19-21-8-14(20)16(24-19)18(26)25-6-7-27-12(9-25)10-28-17-13-4-2-3-5-15(13)22-11-23-17/h2-5,8,11-12H,6-7,9-10H2,1H3. The number of carbonyl (C=O) groups excluding carboxylic acids is 1. The fourth-order valence-electron chi connectivity index (χ4n) is 3.02. The predicted octanol–water partition coefficient (Wildman–Crippen LogP) is 2.72. The average Bonchev–Trinajstić information content (AvgIpc) is 2.77. The summed E-state index contributed by atoms with van der Waals surface area (Å²) in [6.45, 7) is 1.50. The molecule has 3 heterocycles. The second-order valence-electron chi connectivity index (χ2n) is 6.30. The first-order chi connectivity index (χ1) is 14.2. The summed E-state index contributed by atoms with van der Waals surface area (Å²) >= 11 is 7.50. The maximum absolute atomic E-state index is 12.9. The van der Waals surface area contributed by atoms with Gasteiger partial charge in [0.05, 0.1) is 35.3 Å². The molecule has 1 unspecified atom stereocenters. The van der Waals surface area contributed by atoms with Gasteiger partial charge in [-0.3, -0.25) is 4.79 Å². The van der Waals surface area contributed by atoms with Gasteiger partial charge in [-0.2, -0.15) is 0 Å². The van der Waals surface area contributed by atoms with Crippen molar-refractivity contribution in [2.75, 3.05) is 32.6 Å². The van der Waals surface area contributed by atoms with Crippen molar-refractivity contribution in [3.8, 4) is 5.88 Å². The molecule has 4 rings (SSSR count). The molecule has 8 nitrogen and oxygen atoms in total. The number of ether oxygens (including phenoxy) is 2. The van der Waals surface area contributed by atoms with Crippen LogP contribution in [-0.4, -0.2) is 69.4 Å². The van der Waals surface area contributed by atoms with Gasteiger partial charge in [0.15, 0.2) is 10.9 Å². The first-order valence-electron chi connectivity index (χ1n) is 8.95. The third-order valence-electron chi connectivity index (χ3n) is 4.45. The molecule has 0 radical (unpaired) electrons. The molecule has 1 aliphatic heterocycles. The molecule has 0 spiro atoms. The van der Waals surface area contributed by atoms with Gasteiger partial charge >= 0.3 is 0 Å². The highest BCUT2D eigenvalue weighted by Gasteiger charge is 2.28. The monoisotopic (exact) mass is 431 g/mol. The zero-order valence-corrected chi connectivity index (χ0v) is 17.2. The van der Waals surface area contributed by atoms with Crippen molar-refractivity contribution in [3.63, 3.8) is 0 Å². The van der Waals surface area contributed by atoms with E-state index in [2.05, 4.69) is 19.9 Å². The summed E-state index contributed by atoms with van der Waals surface area (Å²) in [6, 6.07) is 7.62. The molecule has 2 aromatic heterocycles. The highest BCUT2D eigenvalue weighted by molar-refractivity contribution is 7.98. The summed E-state index contributed by atoms with van der Waals surface area (Å²) in [5, 5.41) is 1.57. The van der Waals surface area contributed by atoms with Gasteiger partial charge in [-0.1, -0.05) is 35.5 Å². The smallest absolute Gasteiger partial charge is 0.274 e. The number of halogens is 1. The van der Waals surface area contributed by atoms with Gasteiger partial charge in [-0.05, 0) is 18.4 Å². The molecule has 10 heteroatoms. The Morgan fingerprint density at radius 3 is 3.07 bits per heavy atom. The lowest BCUT2D eigenvalue weighted by atomic mass is 10.2. The second kappa shape index (κ2) is 8.89. The van der Waals surface area contributed by atoms with E-state index in [4.69, 9.17) is 21.1 Å². The molecular formula is C19H18ClN5O3S. The average molecular weight is 432 g/mol. The number of fused-ring (bicyclic) bond motifs is 1. The van der Waals surface area contributed by atoms with Gasteiger partial charge < -0.3 is 14.4 Å². The SMILES string of the molecule is CSc1ncc(Cl)c(C(=O)N2CCOC(COc3ncnc4ccccc34)C2)n1. The fraction of sp³-hybridized carbons (Fsp3) is 0.316. The molecule has 150 valence electrons. The first-order valence-corrected chi connectivity index (χ1v) is 10.6. The fourth-order valence-corrected chi connectivity index (χ4v) is 3.53. The van der Waals surface area contributed by atoms with Crippen LogP contribution in [-0.2, 0) is 4.74 Å². The number of carbonyl (C=O) groups is 1. The van der Waals surface area contributed by atoms with E-state index in [0.29, 0.717) is 30.7 Å². The molecule has 1 saturated heterocycles. The lowest BCUT2D eigenvalue weighted by Gasteiger charge is -2.32. The van der Waals surface area contributed by atoms with Crippen molar-refractivity contribution < 1.29 is 14.3 Å². The van der Waals surface area contributed by atoms with Crippen LogP contribution in [0.1, 0.15) is 10.5 Å². The largest absolute Gasteiger partial charge is 0.474 e. The minimum absolute atomic E-state index is 0.203. The Morgan fingerprint density at radius 2 is 2.21 bits per heavy atom. The number of para-hydroxylation sites is 1. The van der Waals surface area contributed by atoms with Crippen LogP contribution in [0.3, 0.4) is 0 Å². The van der Waals surface area contributed by atoms with E-state index in [0.717, 1.165) is 10.9 Å². The Morgan fingerprint density at radius 1 is 1.34 bits per heavy atom. The second-order valence-corrected chi connectivity index (χ2v) is 7.48. The number of hydrogen-bond donors (Lipinski definition) is 0. The van der Waals surface area contributed by atoms with Crippen molar-refractivity contribution in [2.45, 2.75) is 11.3 Å². The van der Waals surface area contributed by atoms with E-state index >= 15 is 0 Å². The molecule has 3 aromatic rings. The maximum atomic E-state index is 12.9. The summed E-state index contributed by atoms with van der Waals surface area (Å²) in [5.41, 5.74) is 1.01. The van der Waals surface area contributed by atoms with Crippen LogP contribution >= 0.6 is 23.4 Å². The number of rotatable bonds is 5. The molecule has 1 aliphatic rings. The van der Waals surface area contributed by atoms with Crippen LogP contribution in [0.25, 0.3) is 10.9 Å². The molecule has 1 atom stereocenters. The van der Waals surface area contributed by atoms with E-state index in [1.807, 2.05) is 30.5 Å². The van der Waals surface area contributed by atoms with E-state index < -0.39 is 0 Å². The van der Waals surface area contributed by atoms with Gasteiger partial charge in [0.2, 0.25) is 5.88 Å². The summed E-state index contributed by atoms with van der Waals surface area (Å²) in [7, 11) is 0. The van der Waals surface area contributed by atoms with Crippen molar-refractivity contribution in [3.05, 3.63) is 47.5 Å². The molecule has 0 saturated carbocycles. The first kappa shape index (κ1) is 19.8. The topological polar surface area (TPSA) is 90.3 Å². The van der Waals surface area contributed by atoms with E-state index in [1.54, 1.807) is 4.90 Å². The van der Waals surface area contributed by atoms with Crippen molar-refractivity contribution in [1.82, 2.24) is 24.8 Å². The number of nitrogens with zero attached hydrogens (tertiary/aromatic N) is 5. The van der Waals surface area contributed by atoms with Crippen LogP contribution in [0.2, 0.25) is 5.02 Å². The molecule has 0 N–H and O–H groups in total. The van der Waals surface area contributed by atoms with E-state index in [-0.39, 0.29) is 29.3 Å². The number of thioether (sulfide) groups is 1. The highest BCUT2D eigenvalue weighted by Crippen LogP contribution is 2.22. The van der Waals surface area contributed by atoms with E-state index in [9.17, 15) is 4.79 Å². The minimum Gasteiger partial charge on any atom is -0.474 e. The minimum atomic E-state index is -0.290. The third-order valence-corrected chi connectivity index (χ3v) is 5.28. The normalized spacial score (nSPS) is 16.8. The van der Waals surface area contributed by atoms with Gasteiger partial charge in [0.25, 0.3) is 5.91 Å². The maximum Gasteiger partial charge on any atom is 0.274 e. The third kappa shape index (κ3) is 4.42. The highest BCUT2D eigenvalue weighted by atomic mass is 35.5. The summed E-state index contributed by atoms with van der Waals surface area (Å²) in [6.07, 6.45) is 4.48. The molecule has 1 fully saturated rings. The summed E-state index contributed by atoms with van der Waals surface area (Å²) < 4.78 is 11.7. The number of hydrogen-bond acceptors (Lipinski definition) is 8. The molecular weight excluding hydrogens is 414 g/mol. The Bertz CT molecular complexity index is 1030. The van der Waals surface area contributed by atoms with Gasteiger partial charge in [0, 0.05) is 6.54 Å². The van der Waals surface area contributed by atoms with E-state index in [1.165, 1.54) is 24.3 Å². The van der Waals surface area contributed by atoms with Crippen molar-refractivity contribution in [2.24, 2.45) is 0 Å². The zero-order chi connectivity index (χ0) is 20.2. The van der Waals surface area contributed by atoms with Crippen molar-refractivity contribution >= 4 is 40.2 Å². The van der Waals surface area contributed by atoms with Crippen LogP contribution in [0.4, 0.5) is 0 Å². The zero-order valence-electron chi connectivity index (χ0n) is 15.6. The Labute approximate surface area is 176 Å². The van der Waals surface area contributed by atoms with Crippen LogP contribution < -0.4 is 4.74 Å². The molecule has 1 amide bonds. The number of aromatic nitrogens is 4. The molecule has 0 aliphatic carbocycles. The number of morpholine rings is 1. The van der Waals surface area contributed by atoms with Gasteiger partial charge in [-0.25, -0.2) is 19.9 Å². The number of benzene rings is 1. The summed E-state index contributed by atoms with van der Waals surface area (Å²) in [5.74, 6) is 0.250. The molecule has 29 heavy (non-hydrogen) atoms. The van der Waals surface area contributed by atoms with Crippen LogP contribution in [0.5, 0.6) is 5.88 Å². The quantitative estimate of drug-likeness (QED) is 0.450. The Hall–Kier alpha value is -2.49. The summed E-state index contributed by atoms with van der Waals surface area (Å²) in [4.78, 5) is 31.4. The predicted molar refractivity (Wildman–Crippen MR) is 109 cm³/mol. The molecule has 0 bridgehead atoms. The van der Waals surface area contributed by atoms with Gasteiger partial charge in [0.1, 0.15) is 19.0 Å². The molecule has 1 aromatic carbocycles. The van der Waals surface area contributed by atoms with Crippen LogP contribution in [0, 0.1) is 0 Å². The Kier molecular flexibility index (Phi) is 6.08. The lowest BCUT2D eigenvalue weighted by molar-refractivity contribution is -0.0406. The van der Waals surface area contributed by atoms with Crippen molar-refractivity contribution in [1.29, 1.82) is 0 Å². The lowest BCUT2D eigenvalue weighted by Crippen LogP contribution is -2.48.